The summed E-state index contributed by atoms with van der Waals surface area (Å²) in [6.07, 6.45) is 7.46. The van der Waals surface area contributed by atoms with E-state index in [2.05, 4.69) is 56.5 Å². The number of Topliss-reactive ketones (excluding diaryl/α,β-unsaturated/α-hetero) is 2. The number of benzene rings is 6. The predicted octanol–water partition coefficient (Wildman–Crippen LogP) is 6.06. The molecule has 9 atom stereocenters. The molecule has 0 saturated heterocycles. The summed E-state index contributed by atoms with van der Waals surface area (Å²) >= 11 is 0. The molecule has 38 heteroatoms. The van der Waals surface area contributed by atoms with Gasteiger partial charge in [0, 0.05) is 128 Å². The van der Waals surface area contributed by atoms with E-state index < -0.39 is 119 Å². The minimum Gasteiger partial charge on any atom is -0.480 e. The van der Waals surface area contributed by atoms with Crippen LogP contribution in [0.15, 0.2) is 197 Å². The summed E-state index contributed by atoms with van der Waals surface area (Å²) in [6.45, 7) is 16.8. The average molecular weight is 1850 g/mol. The zero-order valence-electron chi connectivity index (χ0n) is 76.2. The molecule has 0 aliphatic rings. The van der Waals surface area contributed by atoms with Crippen molar-refractivity contribution in [3.8, 4) is 0 Å². The van der Waals surface area contributed by atoms with Crippen LogP contribution in [0.5, 0.6) is 0 Å². The highest BCUT2D eigenvalue weighted by atomic mass is 35.5. The van der Waals surface area contributed by atoms with Crippen LogP contribution in [-0.4, -0.2) is 189 Å². The number of rotatable bonds is 44. The molecule has 3 aromatic heterocycles. The number of carboxylic acids is 1. The molecule has 0 unspecified atom stereocenters. The van der Waals surface area contributed by atoms with Crippen molar-refractivity contribution in [3.63, 3.8) is 0 Å². The highest BCUT2D eigenvalue weighted by Crippen LogP contribution is 2.25. The number of hydrogen-bond donors (Lipinski definition) is 20. The smallest absolute Gasteiger partial charge is 0.408 e. The highest BCUT2D eigenvalue weighted by Gasteiger charge is 2.34. The Morgan fingerprint density at radius 1 is 0.371 bits per heavy atom. The summed E-state index contributed by atoms with van der Waals surface area (Å²) in [7, 11) is 0. The zero-order valence-corrected chi connectivity index (χ0v) is 77.0. The van der Waals surface area contributed by atoms with Crippen molar-refractivity contribution in [1.82, 2.24) is 41.5 Å². The van der Waals surface area contributed by atoms with Gasteiger partial charge in [0.25, 0.3) is 0 Å². The molecular weight excluding hydrogens is 1710 g/mol. The van der Waals surface area contributed by atoms with Gasteiger partial charge in [0.1, 0.15) is 41.2 Å². The number of aliphatic imine (C=N–C) groups is 3. The average Bonchev–Trinajstić information content (AvgIpc) is 1.69. The second kappa shape index (κ2) is 57.2. The van der Waals surface area contributed by atoms with Gasteiger partial charge in [0.2, 0.25) is 35.4 Å². The highest BCUT2D eigenvalue weighted by molar-refractivity contribution is 5.96. The lowest BCUT2D eigenvalue weighted by molar-refractivity contribution is -0.139. The number of aliphatic carboxylic acids is 1. The van der Waals surface area contributed by atoms with Crippen LogP contribution in [-0.2, 0) is 95.9 Å². The lowest BCUT2D eigenvalue weighted by Gasteiger charge is -2.25. The zero-order chi connectivity index (χ0) is 96.8. The van der Waals surface area contributed by atoms with E-state index in [1.54, 1.807) is 53.9 Å². The van der Waals surface area contributed by atoms with Gasteiger partial charge in [-0.2, -0.15) is 0 Å². The number of nitrogens with zero attached hydrogens (tertiary/aromatic N) is 3. The molecule has 9 aromatic rings. The summed E-state index contributed by atoms with van der Waals surface area (Å²) in [5, 5.41) is 25.0. The van der Waals surface area contributed by atoms with Gasteiger partial charge in [-0.3, -0.25) is 53.3 Å². The first-order chi connectivity index (χ1) is 62.1. The fourth-order valence-electron chi connectivity index (χ4n) is 13.5. The van der Waals surface area contributed by atoms with Gasteiger partial charge in [-0.15, -0.1) is 12.4 Å². The number of hydrogen-bond acceptors (Lipinski definition) is 19. The van der Waals surface area contributed by atoms with Gasteiger partial charge in [-0.05, 0) is 165 Å². The third kappa shape index (κ3) is 42.1. The maximum atomic E-state index is 13.7. The fourth-order valence-corrected chi connectivity index (χ4v) is 13.5. The monoisotopic (exact) mass is 1850 g/mol. The Labute approximate surface area is 775 Å². The van der Waals surface area contributed by atoms with Gasteiger partial charge >= 0.3 is 18.2 Å². The second-order valence-corrected chi connectivity index (χ2v) is 33.0. The van der Waals surface area contributed by atoms with Crippen LogP contribution in [0.4, 0.5) is 9.59 Å². The lowest BCUT2D eigenvalue weighted by atomic mass is 9.89. The van der Waals surface area contributed by atoms with Crippen LogP contribution in [0.3, 0.4) is 0 Å². The molecule has 31 N–H and O–H groups in total. The first-order valence-corrected chi connectivity index (χ1v) is 43.2. The molecule has 0 aliphatic carbocycles. The van der Waals surface area contributed by atoms with E-state index in [1.165, 1.54) is 0 Å². The molecule has 6 aromatic carbocycles. The number of alkyl carbamates (subject to hydrolysis) is 2. The number of fused-ring (bicyclic) bond motifs is 3. The van der Waals surface area contributed by atoms with Crippen molar-refractivity contribution in [2.45, 2.75) is 199 Å². The maximum Gasteiger partial charge on any atom is 0.408 e. The normalized spacial score (nSPS) is 12.9. The molecule has 0 bridgehead atoms. The summed E-state index contributed by atoms with van der Waals surface area (Å²) in [6, 6.07) is 44.9. The number of aromatic nitrogens is 3. The van der Waals surface area contributed by atoms with Crippen molar-refractivity contribution in [3.05, 3.63) is 216 Å². The standard InChI is InChI=1S/C32H43N7O5.C27H35N7O3.C20H22N4O2.C11H22N4O4.C4H10O.ClH/c1-32(2,3)44-31(43)39-25(14-9-15-36-30(34)35)27(40)18-21(16-20-10-5-4-6-11-20)29(42)38-26(28(33)41)17-22-19-37-24-13-8-7-12-23(22)24;28-21(10-6-12-32-27(30)31)24(35)15-18(13-17-7-2-1-3-8-17)26(37)34-23(25(29)36)14-19-16-33-22-11-5-4-9-20(19)22;21-16(10-13-6-2-1-3-7-13)20(26)24-18(19(22)25)11-14-12-23-17-9-5-4-8-15(14)17;1-11(2,3)19-10(18)15-7(8(16)17)5-4-6-14-9(12)13;1-3-5-4-2;/h4-8,10-13,19,21,25-26,37H,9,14-18H2,1-3H3,(H2,33,41)(H,38,42)(H,39,43)(H4,34,35,36);1-5,7-9,11,16,18,21,23,33H,6,10,12-15,28H2,(H2,29,36)(H,34,37)(H4,30,31,32);1-9,12,16,18,23H,10-11,21H2,(H2,22,25)(H,24,26);7H,4-6H2,1-3H3,(H,15,18)(H,16,17)(H4,12,13,14);3-4H2,1-2H3;1H/t21-,25-,26+;18-,21-,23+;16-,18-;7-;;/m1101../s1. The minimum absolute atomic E-state index is 0. The van der Waals surface area contributed by atoms with E-state index in [9.17, 15) is 52.7 Å². The fraction of sp³-hybridized carbons (Fsp3) is 0.404. The van der Waals surface area contributed by atoms with Crippen molar-refractivity contribution in [2.75, 3.05) is 32.8 Å². The molecule has 8 amide bonds. The number of halogens is 1. The van der Waals surface area contributed by atoms with Crippen LogP contribution in [0.1, 0.15) is 140 Å². The molecule has 3 heterocycles. The Kier molecular flexibility index (Phi) is 47.9. The minimum atomic E-state index is -1.13. The predicted molar refractivity (Wildman–Crippen MR) is 515 cm³/mol. The van der Waals surface area contributed by atoms with Crippen molar-refractivity contribution >= 4 is 128 Å². The quantitative estimate of drug-likeness (QED) is 0.0117. The van der Waals surface area contributed by atoms with Gasteiger partial charge in [-0.25, -0.2) is 14.4 Å². The Balaban J connectivity index is 0.000000375. The largest absolute Gasteiger partial charge is 0.480 e. The number of carbonyl (C=O) groups is 11. The van der Waals surface area contributed by atoms with Crippen LogP contribution in [0, 0.1) is 11.8 Å². The summed E-state index contributed by atoms with van der Waals surface area (Å²) < 4.78 is 15.2. The molecule has 0 spiro atoms. The molecular formula is C94H133ClN22O15. The number of H-pyrrole nitrogens is 3. The van der Waals surface area contributed by atoms with E-state index >= 15 is 0 Å². The second-order valence-electron chi connectivity index (χ2n) is 33.0. The van der Waals surface area contributed by atoms with Gasteiger partial charge in [0.05, 0.1) is 18.1 Å². The van der Waals surface area contributed by atoms with E-state index in [4.69, 9.17) is 82.4 Å². The van der Waals surface area contributed by atoms with Gasteiger partial charge < -0.3 is 124 Å². The number of carboxylic acid groups (broad SMARTS) is 1. The van der Waals surface area contributed by atoms with E-state index in [-0.39, 0.29) is 93.3 Å². The van der Waals surface area contributed by atoms with Gasteiger partial charge in [-0.1, -0.05) is 146 Å². The van der Waals surface area contributed by atoms with Crippen LogP contribution >= 0.6 is 12.4 Å². The number of primary amides is 3. The van der Waals surface area contributed by atoms with E-state index in [0.29, 0.717) is 58.0 Å². The number of guanidine groups is 3. The first kappa shape index (κ1) is 110. The topological polar surface area (TPSA) is 667 Å². The van der Waals surface area contributed by atoms with Crippen LogP contribution < -0.4 is 89.7 Å². The number of nitrogens with one attached hydrogen (secondary N) is 8. The number of ketones is 2. The number of carbonyl (C=O) groups excluding carboxylic acids is 10. The van der Waals surface area contributed by atoms with E-state index in [1.807, 2.05) is 184 Å². The number of aromatic amines is 3. The van der Waals surface area contributed by atoms with E-state index in [0.717, 1.165) is 79.3 Å². The van der Waals surface area contributed by atoms with Crippen LogP contribution in [0.2, 0.25) is 0 Å². The molecule has 716 valence electrons. The molecule has 37 nitrogen and oxygen atoms in total. The number of para-hydroxylation sites is 3. The Morgan fingerprint density at radius 3 is 0.992 bits per heavy atom. The molecule has 0 fully saturated rings. The number of ether oxygens (including phenoxy) is 3. The first-order valence-electron chi connectivity index (χ1n) is 43.2. The lowest BCUT2D eigenvalue weighted by Crippen LogP contribution is -2.51. The summed E-state index contributed by atoms with van der Waals surface area (Å²) in [5.74, 6) is -6.71. The molecule has 9 rings (SSSR count). The maximum absolute atomic E-state index is 13.7. The van der Waals surface area contributed by atoms with Crippen molar-refractivity contribution in [1.29, 1.82) is 0 Å². The molecule has 0 saturated carbocycles. The third-order valence-electron chi connectivity index (χ3n) is 19.9. The number of nitrogens with two attached hydrogens (primary N) is 11. The van der Waals surface area contributed by atoms with Gasteiger partial charge in [0.15, 0.2) is 23.7 Å². The Morgan fingerprint density at radius 2 is 0.674 bits per heavy atom. The SMILES string of the molecule is CC(C)(C)OC(=O)N[C@H](CCCN=C(N)N)C(=O)C[C@@H](Cc1ccccc1)C(=O)N[C@@H](Cc1c[nH]c2ccccc12)C(N)=O.CC(C)(C)OC(=O)N[C@H](CCCN=C(N)N)C(=O)O.CCOCC.Cl.NC(=O)[C@H](Cc1c[nH]c2ccccc12)NC(=O)[C@@H](CC(=O)[C@H](N)CCCN=C(N)N)Cc1ccccc1.NC(=O)[C@H](Cc1c[nH]c2ccccc12)NC(=O)[C@@H](N)Cc1ccccc1. The molecule has 132 heavy (non-hydrogen) atoms. The molecule has 0 aliphatic heterocycles. The van der Waals surface area contributed by atoms with Crippen molar-refractivity contribution in [2.24, 2.45) is 89.9 Å². The Hall–Kier alpha value is -13.9. The van der Waals surface area contributed by atoms with Crippen LogP contribution in [0.25, 0.3) is 32.7 Å². The third-order valence-corrected chi connectivity index (χ3v) is 19.9. The Bertz CT molecular complexity index is 5220. The number of amides is 8. The summed E-state index contributed by atoms with van der Waals surface area (Å²) in [5.41, 5.74) is 67.3. The van der Waals surface area contributed by atoms with Crippen molar-refractivity contribution < 1.29 is 72.1 Å². The molecule has 0 radical (unpaired) electrons. The summed E-state index contributed by atoms with van der Waals surface area (Å²) in [4.78, 5) is 159.